The summed E-state index contributed by atoms with van der Waals surface area (Å²) in [6.45, 7) is -0.157. The van der Waals surface area contributed by atoms with Crippen molar-refractivity contribution in [1.82, 2.24) is 4.90 Å². The van der Waals surface area contributed by atoms with E-state index in [0.29, 0.717) is 34.6 Å². The Kier molecular flexibility index (Phi) is 4.76. The fourth-order valence-corrected chi connectivity index (χ4v) is 6.31. The molecule has 34 heavy (non-hydrogen) atoms. The van der Waals surface area contributed by atoms with Crippen molar-refractivity contribution in [3.05, 3.63) is 66.2 Å². The summed E-state index contributed by atoms with van der Waals surface area (Å²) in [5.74, 6) is 1.05. The van der Waals surface area contributed by atoms with E-state index in [9.17, 15) is 14.4 Å². The number of likely N-dealkylation sites (tertiary alicyclic amines) is 1. The molecular weight excluding hydrogens is 432 g/mol. The van der Waals surface area contributed by atoms with Crippen LogP contribution in [0.5, 0.6) is 11.5 Å². The molecule has 2 aromatic rings. The Labute approximate surface area is 197 Å². The number of imide groups is 1. The summed E-state index contributed by atoms with van der Waals surface area (Å²) in [5.41, 5.74) is 0.891. The summed E-state index contributed by atoms with van der Waals surface area (Å²) in [6.07, 6.45) is 5.40. The number of hydrogen-bond donors (Lipinski definition) is 0. The maximum Gasteiger partial charge on any atom is 0.260 e. The molecular formula is C27H26N2O5. The first-order valence-corrected chi connectivity index (χ1v) is 11.7. The van der Waals surface area contributed by atoms with Crippen molar-refractivity contribution < 1.29 is 23.9 Å². The maximum absolute atomic E-state index is 13.8. The molecule has 7 heteroatoms. The summed E-state index contributed by atoms with van der Waals surface area (Å²) < 4.78 is 10.8. The number of ether oxygens (including phenoxy) is 2. The Hall–Kier alpha value is -3.61. The van der Waals surface area contributed by atoms with E-state index >= 15 is 0 Å². The zero-order chi connectivity index (χ0) is 23.6. The van der Waals surface area contributed by atoms with Gasteiger partial charge in [-0.3, -0.25) is 24.2 Å². The summed E-state index contributed by atoms with van der Waals surface area (Å²) in [4.78, 5) is 43.6. The van der Waals surface area contributed by atoms with E-state index in [0.717, 1.165) is 6.42 Å². The third-order valence-corrected chi connectivity index (χ3v) is 7.97. The van der Waals surface area contributed by atoms with Gasteiger partial charge in [-0.05, 0) is 60.4 Å². The molecule has 174 valence electrons. The molecule has 3 fully saturated rings. The van der Waals surface area contributed by atoms with Crippen molar-refractivity contribution in [3.8, 4) is 11.5 Å². The Morgan fingerprint density at radius 1 is 0.941 bits per heavy atom. The Morgan fingerprint density at radius 3 is 2.26 bits per heavy atom. The third kappa shape index (κ3) is 2.99. The summed E-state index contributed by atoms with van der Waals surface area (Å²) in [6, 6.07) is 14.0. The topological polar surface area (TPSA) is 76.2 Å². The number of rotatable bonds is 6. The smallest absolute Gasteiger partial charge is 0.260 e. The molecule has 1 heterocycles. The zero-order valence-corrected chi connectivity index (χ0v) is 19.1. The van der Waals surface area contributed by atoms with Crippen molar-refractivity contribution >= 4 is 23.4 Å². The molecule has 2 bridgehead atoms. The molecule has 0 N–H and O–H groups in total. The van der Waals surface area contributed by atoms with Crippen molar-refractivity contribution in [3.63, 3.8) is 0 Å². The van der Waals surface area contributed by atoms with Gasteiger partial charge in [0.2, 0.25) is 11.8 Å². The number of carbonyl (C=O) groups is 3. The first-order valence-electron chi connectivity index (χ1n) is 11.7. The number of para-hydroxylation sites is 2. The monoisotopic (exact) mass is 458 g/mol. The standard InChI is InChI=1S/C27H26N2O5/c1-33-16-7-5-6-15(12-16)25(30)28(21-8-3-4-9-22(21)34-2)14-29-26(31)23-17-10-11-18(20-13-19(17)20)24(23)27(29)32/h3-12,17-20,23-24H,13-14H2,1-2H3/t17-,18-,19-,20+,23-,24-/m1/s1. The minimum absolute atomic E-state index is 0.134. The Morgan fingerprint density at radius 2 is 1.62 bits per heavy atom. The number of allylic oxidation sites excluding steroid dienone is 2. The van der Waals surface area contributed by atoms with E-state index in [-0.39, 0.29) is 48.1 Å². The van der Waals surface area contributed by atoms with Crippen molar-refractivity contribution in [2.75, 3.05) is 25.8 Å². The van der Waals surface area contributed by atoms with Gasteiger partial charge in [0, 0.05) is 5.56 Å². The van der Waals surface area contributed by atoms with Crippen LogP contribution >= 0.6 is 0 Å². The van der Waals surface area contributed by atoms with Crippen LogP contribution in [0.15, 0.2) is 60.7 Å². The molecule has 3 amide bonds. The van der Waals surface area contributed by atoms with Gasteiger partial charge in [-0.2, -0.15) is 0 Å². The number of anilines is 1. The van der Waals surface area contributed by atoms with Crippen molar-refractivity contribution in [2.24, 2.45) is 35.5 Å². The van der Waals surface area contributed by atoms with Gasteiger partial charge >= 0.3 is 0 Å². The van der Waals surface area contributed by atoms with Crippen LogP contribution in [-0.2, 0) is 9.59 Å². The lowest BCUT2D eigenvalue weighted by atomic mass is 9.63. The number of methoxy groups -OCH3 is 2. The van der Waals surface area contributed by atoms with Crippen LogP contribution in [0.2, 0.25) is 0 Å². The van der Waals surface area contributed by atoms with E-state index in [1.54, 1.807) is 42.5 Å². The molecule has 0 aromatic heterocycles. The highest BCUT2D eigenvalue weighted by molar-refractivity contribution is 6.10. The molecule has 1 saturated heterocycles. The number of nitrogens with zero attached hydrogens (tertiary/aromatic N) is 2. The van der Waals surface area contributed by atoms with Crippen LogP contribution in [0.3, 0.4) is 0 Å². The SMILES string of the molecule is COc1cccc(C(=O)N(CN2C(=O)[C@@H]3[C@@H]4C=C[C@H]([C@@H]5C[C@H]45)[C@H]3C2=O)c2ccccc2OC)c1. The second-order valence-corrected chi connectivity index (χ2v) is 9.54. The van der Waals surface area contributed by atoms with Gasteiger partial charge < -0.3 is 9.47 Å². The van der Waals surface area contributed by atoms with E-state index < -0.39 is 0 Å². The quantitative estimate of drug-likeness (QED) is 0.490. The van der Waals surface area contributed by atoms with Gasteiger partial charge in [0.25, 0.3) is 5.91 Å². The lowest BCUT2D eigenvalue weighted by Crippen LogP contribution is -2.45. The van der Waals surface area contributed by atoms with Crippen molar-refractivity contribution in [1.29, 1.82) is 0 Å². The minimum Gasteiger partial charge on any atom is -0.497 e. The highest BCUT2D eigenvalue weighted by Crippen LogP contribution is 2.65. The highest BCUT2D eigenvalue weighted by atomic mass is 16.5. The normalized spacial score (nSPS) is 30.1. The number of amides is 3. The first-order chi connectivity index (χ1) is 16.5. The van der Waals surface area contributed by atoms with Gasteiger partial charge in [-0.1, -0.05) is 30.4 Å². The molecule has 5 aliphatic rings. The zero-order valence-electron chi connectivity index (χ0n) is 19.1. The molecule has 6 atom stereocenters. The lowest BCUT2D eigenvalue weighted by molar-refractivity contribution is -0.140. The molecule has 1 aliphatic heterocycles. The maximum atomic E-state index is 13.8. The molecule has 4 aliphatic carbocycles. The van der Waals surface area contributed by atoms with E-state index in [2.05, 4.69) is 12.2 Å². The van der Waals surface area contributed by atoms with Gasteiger partial charge in [-0.25, -0.2) is 0 Å². The molecule has 7 nitrogen and oxygen atoms in total. The van der Waals surface area contributed by atoms with Gasteiger partial charge in [0.15, 0.2) is 0 Å². The van der Waals surface area contributed by atoms with Crippen LogP contribution in [-0.4, -0.2) is 43.5 Å². The lowest BCUT2D eigenvalue weighted by Gasteiger charge is -2.37. The predicted molar refractivity (Wildman–Crippen MR) is 124 cm³/mol. The second-order valence-electron chi connectivity index (χ2n) is 9.54. The molecule has 0 spiro atoms. The average molecular weight is 459 g/mol. The Bertz CT molecular complexity index is 1190. The Balaban J connectivity index is 1.37. The van der Waals surface area contributed by atoms with Crippen LogP contribution in [0.25, 0.3) is 0 Å². The van der Waals surface area contributed by atoms with E-state index in [1.165, 1.54) is 24.0 Å². The third-order valence-electron chi connectivity index (χ3n) is 7.97. The average Bonchev–Trinajstić information content (AvgIpc) is 3.67. The van der Waals surface area contributed by atoms with Gasteiger partial charge in [0.1, 0.15) is 18.2 Å². The van der Waals surface area contributed by atoms with Crippen LogP contribution in [0, 0.1) is 35.5 Å². The largest absolute Gasteiger partial charge is 0.497 e. The van der Waals surface area contributed by atoms with Crippen molar-refractivity contribution in [2.45, 2.75) is 6.42 Å². The minimum atomic E-state index is -0.345. The molecule has 0 unspecified atom stereocenters. The van der Waals surface area contributed by atoms with Crippen LogP contribution in [0.4, 0.5) is 5.69 Å². The van der Waals surface area contributed by atoms with Gasteiger partial charge in [-0.15, -0.1) is 0 Å². The molecule has 7 rings (SSSR count). The molecule has 2 aromatic carbocycles. The predicted octanol–water partition coefficient (Wildman–Crippen LogP) is 3.36. The molecule has 0 radical (unpaired) electrons. The van der Waals surface area contributed by atoms with Gasteiger partial charge in [0.05, 0.1) is 31.7 Å². The first kappa shape index (κ1) is 21.0. The van der Waals surface area contributed by atoms with Crippen LogP contribution < -0.4 is 14.4 Å². The van der Waals surface area contributed by atoms with E-state index in [1.807, 2.05) is 6.07 Å². The van der Waals surface area contributed by atoms with Crippen LogP contribution in [0.1, 0.15) is 16.8 Å². The number of benzene rings is 2. The molecule has 2 saturated carbocycles. The van der Waals surface area contributed by atoms with E-state index in [4.69, 9.17) is 9.47 Å². The number of hydrogen-bond acceptors (Lipinski definition) is 5. The summed E-state index contributed by atoms with van der Waals surface area (Å²) in [7, 11) is 3.07. The number of carbonyl (C=O) groups excluding carboxylic acids is 3. The summed E-state index contributed by atoms with van der Waals surface area (Å²) in [5, 5.41) is 0. The fraction of sp³-hybridized carbons (Fsp3) is 0.370. The highest BCUT2D eigenvalue weighted by Gasteiger charge is 2.67. The second kappa shape index (κ2) is 7.72. The fourth-order valence-electron chi connectivity index (χ4n) is 6.31. The summed E-state index contributed by atoms with van der Waals surface area (Å²) >= 11 is 0.